The minimum Gasteiger partial charge on any atom is -0.491 e. The van der Waals surface area contributed by atoms with E-state index in [-0.39, 0.29) is 12.4 Å². The molecule has 72 valence electrons. The van der Waals surface area contributed by atoms with Gasteiger partial charge in [-0.2, -0.15) is 0 Å². The summed E-state index contributed by atoms with van der Waals surface area (Å²) >= 11 is 2.58. The Morgan fingerprint density at radius 2 is 1.92 bits per heavy atom. The van der Waals surface area contributed by atoms with Crippen LogP contribution in [0.25, 0.3) is 0 Å². The molecule has 0 aliphatic rings. The molecule has 0 unspecified atom stereocenters. The summed E-state index contributed by atoms with van der Waals surface area (Å²) in [6, 6.07) is 0.679. The van der Waals surface area contributed by atoms with Crippen LogP contribution in [0.2, 0.25) is 0 Å². The number of hydrogen-bond donors (Lipinski definition) is 0. The molecule has 0 aromatic heterocycles. The molecule has 13 heavy (non-hydrogen) atoms. The van der Waals surface area contributed by atoms with Crippen LogP contribution in [0.4, 0.5) is 13.2 Å². The lowest BCUT2D eigenvalue weighted by molar-refractivity contribution is 0.315. The molecule has 0 saturated heterocycles. The van der Waals surface area contributed by atoms with Gasteiger partial charge >= 0.3 is 0 Å². The van der Waals surface area contributed by atoms with E-state index in [9.17, 15) is 13.2 Å². The maximum Gasteiger partial charge on any atom is 0.182 e. The first kappa shape index (κ1) is 10.4. The molecule has 1 aromatic carbocycles. The van der Waals surface area contributed by atoms with Crippen molar-refractivity contribution in [2.75, 3.05) is 6.61 Å². The van der Waals surface area contributed by atoms with Crippen molar-refractivity contribution >= 4 is 15.9 Å². The van der Waals surface area contributed by atoms with Crippen LogP contribution >= 0.6 is 15.9 Å². The van der Waals surface area contributed by atoms with Crippen molar-refractivity contribution in [1.29, 1.82) is 0 Å². The van der Waals surface area contributed by atoms with E-state index in [4.69, 9.17) is 4.74 Å². The van der Waals surface area contributed by atoms with Gasteiger partial charge in [0.1, 0.15) is 0 Å². The second kappa shape index (κ2) is 4.00. The van der Waals surface area contributed by atoms with Crippen LogP contribution in [-0.2, 0) is 0 Å². The Balaban J connectivity index is 3.24. The molecule has 0 N–H and O–H groups in total. The molecular formula is C8H6BrF3O. The van der Waals surface area contributed by atoms with Gasteiger partial charge in [0.15, 0.2) is 23.2 Å². The van der Waals surface area contributed by atoms with Crippen LogP contribution in [0.3, 0.4) is 0 Å². The van der Waals surface area contributed by atoms with Crippen LogP contribution in [-0.4, -0.2) is 6.61 Å². The summed E-state index contributed by atoms with van der Waals surface area (Å²) in [5.41, 5.74) is 0. The third-order valence-corrected chi connectivity index (χ3v) is 2.07. The smallest absolute Gasteiger partial charge is 0.182 e. The highest BCUT2D eigenvalue weighted by atomic mass is 79.9. The molecule has 0 saturated carbocycles. The van der Waals surface area contributed by atoms with Crippen molar-refractivity contribution in [2.24, 2.45) is 0 Å². The molecule has 0 radical (unpaired) electrons. The Morgan fingerprint density at radius 1 is 1.31 bits per heavy atom. The van der Waals surface area contributed by atoms with Crippen LogP contribution in [0.5, 0.6) is 5.75 Å². The molecule has 0 atom stereocenters. The second-order valence-corrected chi connectivity index (χ2v) is 3.02. The largest absolute Gasteiger partial charge is 0.491 e. The van der Waals surface area contributed by atoms with Gasteiger partial charge in [-0.05, 0) is 22.9 Å². The SMILES string of the molecule is CCOc1cc(F)c(F)c(Br)c1F. The molecule has 0 aliphatic heterocycles. The van der Waals surface area contributed by atoms with E-state index in [1.54, 1.807) is 6.92 Å². The summed E-state index contributed by atoms with van der Waals surface area (Å²) in [4.78, 5) is 0. The van der Waals surface area contributed by atoms with E-state index in [1.807, 2.05) is 0 Å². The molecule has 1 rings (SSSR count). The van der Waals surface area contributed by atoms with Crippen molar-refractivity contribution < 1.29 is 17.9 Å². The molecule has 0 bridgehead atoms. The normalized spacial score (nSPS) is 10.2. The van der Waals surface area contributed by atoms with Crippen molar-refractivity contribution in [3.8, 4) is 5.75 Å². The number of hydrogen-bond acceptors (Lipinski definition) is 1. The van der Waals surface area contributed by atoms with Crippen molar-refractivity contribution in [1.82, 2.24) is 0 Å². The number of ether oxygens (including phenoxy) is 1. The van der Waals surface area contributed by atoms with Crippen molar-refractivity contribution in [3.63, 3.8) is 0 Å². The molecule has 0 fully saturated rings. The van der Waals surface area contributed by atoms with E-state index >= 15 is 0 Å². The highest BCUT2D eigenvalue weighted by Gasteiger charge is 2.17. The van der Waals surface area contributed by atoms with Gasteiger partial charge < -0.3 is 4.74 Å². The highest BCUT2D eigenvalue weighted by molar-refractivity contribution is 9.10. The molecule has 1 nitrogen and oxygen atoms in total. The number of benzene rings is 1. The maximum atomic E-state index is 13.1. The summed E-state index contributed by atoms with van der Waals surface area (Å²) in [6.45, 7) is 1.81. The minimum absolute atomic E-state index is 0.189. The van der Waals surface area contributed by atoms with Gasteiger partial charge in [0, 0.05) is 6.07 Å². The zero-order chi connectivity index (χ0) is 10.0. The molecule has 5 heteroatoms. The minimum atomic E-state index is -1.25. The van der Waals surface area contributed by atoms with E-state index in [1.165, 1.54) is 0 Å². The number of rotatable bonds is 2. The molecular weight excluding hydrogens is 249 g/mol. The standard InChI is InChI=1S/C8H6BrF3O/c1-2-13-5-3-4(10)7(11)6(9)8(5)12/h3H,2H2,1H3. The Morgan fingerprint density at radius 3 is 2.46 bits per heavy atom. The third kappa shape index (κ3) is 1.96. The van der Waals surface area contributed by atoms with Crippen LogP contribution in [0.15, 0.2) is 10.5 Å². The molecule has 0 amide bonds. The average Bonchev–Trinajstić information content (AvgIpc) is 2.11. The van der Waals surface area contributed by atoms with Gasteiger partial charge in [0.25, 0.3) is 0 Å². The van der Waals surface area contributed by atoms with Gasteiger partial charge in [-0.3, -0.25) is 0 Å². The predicted molar refractivity (Wildman–Crippen MR) is 45.2 cm³/mol. The molecule has 0 heterocycles. The Bertz CT molecular complexity index is 328. The van der Waals surface area contributed by atoms with E-state index in [2.05, 4.69) is 15.9 Å². The molecule has 0 aliphatic carbocycles. The highest BCUT2D eigenvalue weighted by Crippen LogP contribution is 2.29. The van der Waals surface area contributed by atoms with Gasteiger partial charge in [-0.15, -0.1) is 0 Å². The lowest BCUT2D eigenvalue weighted by atomic mass is 10.3. The van der Waals surface area contributed by atoms with Crippen LogP contribution in [0.1, 0.15) is 6.92 Å². The topological polar surface area (TPSA) is 9.23 Å². The first-order valence-electron chi connectivity index (χ1n) is 3.53. The second-order valence-electron chi connectivity index (χ2n) is 2.23. The van der Waals surface area contributed by atoms with E-state index in [0.29, 0.717) is 6.07 Å². The quantitative estimate of drug-likeness (QED) is 0.582. The van der Waals surface area contributed by atoms with Crippen LogP contribution < -0.4 is 4.74 Å². The summed E-state index contributed by atoms with van der Waals surface area (Å²) in [7, 11) is 0. The molecule has 1 aromatic rings. The van der Waals surface area contributed by atoms with Crippen LogP contribution in [0, 0.1) is 17.5 Å². The summed E-state index contributed by atoms with van der Waals surface area (Å²) in [5.74, 6) is -3.62. The first-order chi connectivity index (χ1) is 6.07. The lowest BCUT2D eigenvalue weighted by Crippen LogP contribution is -1.99. The predicted octanol–water partition coefficient (Wildman–Crippen LogP) is 3.27. The fourth-order valence-electron chi connectivity index (χ4n) is 0.812. The lowest BCUT2D eigenvalue weighted by Gasteiger charge is -2.06. The van der Waals surface area contributed by atoms with E-state index < -0.39 is 21.9 Å². The Kier molecular flexibility index (Phi) is 3.19. The third-order valence-electron chi connectivity index (χ3n) is 1.37. The Labute approximate surface area is 81.6 Å². The van der Waals surface area contributed by atoms with Gasteiger partial charge in [0.05, 0.1) is 11.1 Å². The average molecular weight is 255 g/mol. The zero-order valence-corrected chi connectivity index (χ0v) is 8.29. The molecule has 0 spiro atoms. The summed E-state index contributed by atoms with van der Waals surface area (Å²) < 4.78 is 42.6. The van der Waals surface area contributed by atoms with Gasteiger partial charge in [-0.25, -0.2) is 13.2 Å². The van der Waals surface area contributed by atoms with Crippen molar-refractivity contribution in [2.45, 2.75) is 6.92 Å². The van der Waals surface area contributed by atoms with Gasteiger partial charge in [-0.1, -0.05) is 0 Å². The van der Waals surface area contributed by atoms with E-state index in [0.717, 1.165) is 0 Å². The number of halogens is 4. The maximum absolute atomic E-state index is 13.1. The Hall–Kier alpha value is -0.710. The monoisotopic (exact) mass is 254 g/mol. The fourth-order valence-corrected chi connectivity index (χ4v) is 1.20. The summed E-state index contributed by atoms with van der Waals surface area (Å²) in [5, 5.41) is 0. The zero-order valence-electron chi connectivity index (χ0n) is 6.70. The van der Waals surface area contributed by atoms with Crippen molar-refractivity contribution in [3.05, 3.63) is 28.0 Å². The van der Waals surface area contributed by atoms with Gasteiger partial charge in [0.2, 0.25) is 0 Å². The first-order valence-corrected chi connectivity index (χ1v) is 4.33. The fraction of sp³-hybridized carbons (Fsp3) is 0.250. The summed E-state index contributed by atoms with van der Waals surface area (Å²) in [6.07, 6.45) is 0.